The number of hydrogen-bond donors (Lipinski definition) is 2. The first-order valence-electron chi connectivity index (χ1n) is 8.49. The van der Waals surface area contributed by atoms with E-state index in [0.29, 0.717) is 27.7 Å². The van der Waals surface area contributed by atoms with Crippen LogP contribution in [0.25, 0.3) is 0 Å². The summed E-state index contributed by atoms with van der Waals surface area (Å²) in [6, 6.07) is 3.26. The van der Waals surface area contributed by atoms with Gasteiger partial charge in [-0.2, -0.15) is 0 Å². The van der Waals surface area contributed by atoms with E-state index in [1.807, 2.05) is 0 Å². The molecular weight excluding hydrogens is 418 g/mol. The van der Waals surface area contributed by atoms with E-state index in [1.54, 1.807) is 19.1 Å². The molecule has 1 aliphatic carbocycles. The van der Waals surface area contributed by atoms with Crippen molar-refractivity contribution in [2.24, 2.45) is 11.8 Å². The third-order valence-electron chi connectivity index (χ3n) is 5.12. The first-order valence-corrected chi connectivity index (χ1v) is 9.29. The standard InChI is InChI=1S/C19H20BrNO6/c1-8-4-12-16(18(24)15(8)19(25)27-3)10(7-14(22)21-12)9-5-11(20)17(23)13(6-9)26-2/h5-6,8,10,15,23H,4,7H2,1-3H3,(H,21,22)/t8-,10+,15-/m1/s1. The van der Waals surface area contributed by atoms with E-state index in [9.17, 15) is 19.5 Å². The fourth-order valence-electron chi connectivity index (χ4n) is 3.83. The van der Waals surface area contributed by atoms with Gasteiger partial charge in [0.1, 0.15) is 5.92 Å². The number of ether oxygens (including phenoxy) is 2. The average molecular weight is 438 g/mol. The lowest BCUT2D eigenvalue weighted by molar-refractivity contribution is -0.151. The third kappa shape index (κ3) is 3.34. The number of nitrogens with one attached hydrogen (secondary N) is 1. The molecule has 7 nitrogen and oxygen atoms in total. The van der Waals surface area contributed by atoms with Crippen molar-refractivity contribution in [3.8, 4) is 11.5 Å². The molecule has 0 spiro atoms. The van der Waals surface area contributed by atoms with Crippen molar-refractivity contribution in [2.75, 3.05) is 14.2 Å². The molecule has 1 aromatic rings. The summed E-state index contributed by atoms with van der Waals surface area (Å²) in [5.41, 5.74) is 1.62. The van der Waals surface area contributed by atoms with Gasteiger partial charge in [-0.15, -0.1) is 0 Å². The number of hydrogen-bond acceptors (Lipinski definition) is 6. The van der Waals surface area contributed by atoms with Crippen LogP contribution in [0.15, 0.2) is 27.9 Å². The summed E-state index contributed by atoms with van der Waals surface area (Å²) in [6.07, 6.45) is 0.465. The number of benzene rings is 1. The molecule has 3 atom stereocenters. The van der Waals surface area contributed by atoms with Gasteiger partial charge in [-0.25, -0.2) is 0 Å². The Morgan fingerprint density at radius 2 is 1.96 bits per heavy atom. The van der Waals surface area contributed by atoms with Crippen LogP contribution in [0, 0.1) is 11.8 Å². The predicted octanol–water partition coefficient (Wildman–Crippen LogP) is 2.42. The molecular formula is C19H20BrNO6. The number of carbonyl (C=O) groups excluding carboxylic acids is 3. The molecule has 0 aromatic heterocycles. The zero-order chi connectivity index (χ0) is 19.9. The number of rotatable bonds is 3. The number of ketones is 1. The summed E-state index contributed by atoms with van der Waals surface area (Å²) in [4.78, 5) is 37.6. The van der Waals surface area contributed by atoms with Crippen molar-refractivity contribution in [1.82, 2.24) is 5.32 Å². The number of carbonyl (C=O) groups is 3. The molecule has 1 heterocycles. The smallest absolute Gasteiger partial charge is 0.316 e. The summed E-state index contributed by atoms with van der Waals surface area (Å²) in [6.45, 7) is 1.79. The predicted molar refractivity (Wildman–Crippen MR) is 99.2 cm³/mol. The van der Waals surface area contributed by atoms with Gasteiger partial charge >= 0.3 is 5.97 Å². The molecule has 3 rings (SSSR count). The van der Waals surface area contributed by atoms with Gasteiger partial charge in [-0.3, -0.25) is 14.4 Å². The molecule has 0 saturated heterocycles. The summed E-state index contributed by atoms with van der Waals surface area (Å²) < 4.78 is 10.4. The number of phenolic OH excluding ortho intramolecular Hbond substituents is 1. The zero-order valence-corrected chi connectivity index (χ0v) is 16.8. The van der Waals surface area contributed by atoms with Crippen molar-refractivity contribution in [3.63, 3.8) is 0 Å². The lowest BCUT2D eigenvalue weighted by Crippen LogP contribution is -2.44. The van der Waals surface area contributed by atoms with E-state index in [2.05, 4.69) is 21.2 Å². The van der Waals surface area contributed by atoms with Crippen molar-refractivity contribution in [3.05, 3.63) is 33.4 Å². The first-order chi connectivity index (χ1) is 12.8. The molecule has 1 aliphatic heterocycles. The molecule has 0 unspecified atom stereocenters. The Kier molecular flexibility index (Phi) is 5.28. The monoisotopic (exact) mass is 437 g/mol. The van der Waals surface area contributed by atoms with E-state index in [4.69, 9.17) is 9.47 Å². The second-order valence-electron chi connectivity index (χ2n) is 6.80. The number of aromatic hydroxyl groups is 1. The quantitative estimate of drug-likeness (QED) is 0.555. The van der Waals surface area contributed by atoms with Crippen LogP contribution in [0.3, 0.4) is 0 Å². The molecule has 1 aromatic carbocycles. The fourth-order valence-corrected chi connectivity index (χ4v) is 4.29. The van der Waals surface area contributed by atoms with Crippen LogP contribution in [-0.4, -0.2) is 37.0 Å². The molecule has 2 N–H and O–H groups in total. The van der Waals surface area contributed by atoms with Gasteiger partial charge in [-0.05, 0) is 46.0 Å². The maximum absolute atomic E-state index is 13.2. The van der Waals surface area contributed by atoms with E-state index in [1.165, 1.54) is 14.2 Å². The minimum absolute atomic E-state index is 0.0627. The normalized spacial score (nSPS) is 25.0. The summed E-state index contributed by atoms with van der Waals surface area (Å²) in [5.74, 6) is -2.63. The highest BCUT2D eigenvalue weighted by atomic mass is 79.9. The number of allylic oxidation sites excluding steroid dienone is 2. The van der Waals surface area contributed by atoms with E-state index < -0.39 is 17.8 Å². The molecule has 0 bridgehead atoms. The molecule has 0 saturated carbocycles. The second kappa shape index (κ2) is 7.34. The van der Waals surface area contributed by atoms with Crippen molar-refractivity contribution >= 4 is 33.6 Å². The fraction of sp³-hybridized carbons (Fsp3) is 0.421. The summed E-state index contributed by atoms with van der Waals surface area (Å²) in [5, 5.41) is 12.8. The van der Waals surface area contributed by atoms with E-state index in [0.717, 1.165) is 0 Å². The highest BCUT2D eigenvalue weighted by Crippen LogP contribution is 2.45. The largest absolute Gasteiger partial charge is 0.503 e. The zero-order valence-electron chi connectivity index (χ0n) is 15.2. The second-order valence-corrected chi connectivity index (χ2v) is 7.65. The molecule has 27 heavy (non-hydrogen) atoms. The van der Waals surface area contributed by atoms with E-state index in [-0.39, 0.29) is 35.5 Å². The molecule has 144 valence electrons. The molecule has 8 heteroatoms. The van der Waals surface area contributed by atoms with Gasteiger partial charge in [0.05, 0.1) is 18.7 Å². The van der Waals surface area contributed by atoms with Crippen LogP contribution < -0.4 is 10.1 Å². The molecule has 0 radical (unpaired) electrons. The highest BCUT2D eigenvalue weighted by Gasteiger charge is 2.45. The van der Waals surface area contributed by atoms with Crippen LogP contribution in [0.4, 0.5) is 0 Å². The number of phenols is 1. The van der Waals surface area contributed by atoms with Crippen LogP contribution >= 0.6 is 15.9 Å². The molecule has 0 fully saturated rings. The van der Waals surface area contributed by atoms with Crippen molar-refractivity contribution in [2.45, 2.75) is 25.7 Å². The SMILES string of the molecule is COC(=O)[C@H]1C(=O)C2=C(C[C@H]1C)NC(=O)C[C@H]2c1cc(Br)c(O)c(OC)c1. The van der Waals surface area contributed by atoms with Gasteiger partial charge in [0.25, 0.3) is 0 Å². The van der Waals surface area contributed by atoms with Gasteiger partial charge in [-0.1, -0.05) is 6.92 Å². The van der Waals surface area contributed by atoms with Crippen LogP contribution in [0.2, 0.25) is 0 Å². The number of amides is 1. The van der Waals surface area contributed by atoms with Crippen LogP contribution in [0.1, 0.15) is 31.2 Å². The minimum atomic E-state index is -0.895. The van der Waals surface area contributed by atoms with Gasteiger partial charge in [0.15, 0.2) is 17.3 Å². The Hall–Kier alpha value is -2.35. The maximum atomic E-state index is 13.2. The Morgan fingerprint density at radius 1 is 1.26 bits per heavy atom. The molecule has 2 aliphatic rings. The minimum Gasteiger partial charge on any atom is -0.503 e. The van der Waals surface area contributed by atoms with Gasteiger partial charge in [0.2, 0.25) is 5.91 Å². The van der Waals surface area contributed by atoms with Crippen molar-refractivity contribution in [1.29, 1.82) is 0 Å². The van der Waals surface area contributed by atoms with Crippen LogP contribution in [-0.2, 0) is 19.1 Å². The summed E-state index contributed by atoms with van der Waals surface area (Å²) >= 11 is 3.27. The molecule has 1 amide bonds. The Bertz CT molecular complexity index is 862. The number of methoxy groups -OCH3 is 2. The van der Waals surface area contributed by atoms with E-state index >= 15 is 0 Å². The van der Waals surface area contributed by atoms with Crippen LogP contribution in [0.5, 0.6) is 11.5 Å². The Balaban J connectivity index is 2.12. The maximum Gasteiger partial charge on any atom is 0.316 e. The lowest BCUT2D eigenvalue weighted by Gasteiger charge is -2.36. The third-order valence-corrected chi connectivity index (χ3v) is 5.73. The van der Waals surface area contributed by atoms with Crippen molar-refractivity contribution < 1.29 is 29.0 Å². The number of esters is 1. The van der Waals surface area contributed by atoms with Gasteiger partial charge < -0.3 is 19.9 Å². The van der Waals surface area contributed by atoms with Gasteiger partial charge in [0, 0.05) is 23.6 Å². The topological polar surface area (TPSA) is 102 Å². The Morgan fingerprint density at radius 3 is 2.59 bits per heavy atom. The lowest BCUT2D eigenvalue weighted by atomic mass is 9.70. The highest BCUT2D eigenvalue weighted by molar-refractivity contribution is 9.10. The first kappa shape index (κ1) is 19.4. The Labute approximate surface area is 164 Å². The number of halogens is 1. The number of Topliss-reactive ketones (excluding diaryl/α,β-unsaturated/α-hetero) is 1. The average Bonchev–Trinajstić information content (AvgIpc) is 2.62. The summed E-state index contributed by atoms with van der Waals surface area (Å²) in [7, 11) is 2.68.